The minimum Gasteiger partial charge on any atom is -0.338 e. The van der Waals surface area contributed by atoms with Crippen molar-refractivity contribution >= 4 is 39.0 Å². The molecule has 1 heterocycles. The van der Waals surface area contributed by atoms with Gasteiger partial charge in [0, 0.05) is 0 Å². The topological polar surface area (TPSA) is 37.8 Å². The molecule has 0 atom stereocenters. The van der Waals surface area contributed by atoms with Crippen LogP contribution in [0.3, 0.4) is 0 Å². The van der Waals surface area contributed by atoms with Gasteiger partial charge in [0.1, 0.15) is 10.4 Å². The first-order chi connectivity index (χ1) is 8.86. The zero-order chi connectivity index (χ0) is 14.0. The van der Waals surface area contributed by atoms with Crippen LogP contribution in [-0.2, 0) is 6.18 Å². The van der Waals surface area contributed by atoms with E-state index < -0.39 is 11.7 Å². The standard InChI is InChI=1S/C11H6BrClF3N3/c12-9-4-18-10(5-17-9)19-8-3-6(11(14,15)16)1-2-7(8)13/h1-5H,(H,18,19). The van der Waals surface area contributed by atoms with Gasteiger partial charge in [0.15, 0.2) is 0 Å². The Balaban J connectivity index is 2.31. The minimum absolute atomic E-state index is 0.119. The molecule has 2 rings (SSSR count). The predicted octanol–water partition coefficient (Wildman–Crippen LogP) is 4.65. The number of benzene rings is 1. The van der Waals surface area contributed by atoms with E-state index in [1.165, 1.54) is 18.5 Å². The van der Waals surface area contributed by atoms with Gasteiger partial charge in [-0.15, -0.1) is 0 Å². The first-order valence-corrected chi connectivity index (χ1v) is 6.14. The Bertz CT molecular complexity index is 587. The van der Waals surface area contributed by atoms with E-state index in [0.717, 1.165) is 12.1 Å². The van der Waals surface area contributed by atoms with Crippen LogP contribution in [-0.4, -0.2) is 9.97 Å². The molecule has 0 bridgehead atoms. The minimum atomic E-state index is -4.42. The first kappa shape index (κ1) is 14.1. The highest BCUT2D eigenvalue weighted by atomic mass is 79.9. The first-order valence-electron chi connectivity index (χ1n) is 4.97. The zero-order valence-corrected chi connectivity index (χ0v) is 11.5. The largest absolute Gasteiger partial charge is 0.416 e. The highest BCUT2D eigenvalue weighted by molar-refractivity contribution is 9.10. The Morgan fingerprint density at radius 3 is 2.47 bits per heavy atom. The molecule has 0 amide bonds. The summed E-state index contributed by atoms with van der Waals surface area (Å²) in [6, 6.07) is 3.02. The maximum atomic E-state index is 12.6. The maximum Gasteiger partial charge on any atom is 0.416 e. The summed E-state index contributed by atoms with van der Waals surface area (Å²) in [6.45, 7) is 0. The lowest BCUT2D eigenvalue weighted by atomic mass is 10.2. The van der Waals surface area contributed by atoms with E-state index in [1.54, 1.807) is 0 Å². The van der Waals surface area contributed by atoms with Crippen LogP contribution in [0.2, 0.25) is 5.02 Å². The third-order valence-electron chi connectivity index (χ3n) is 2.18. The summed E-state index contributed by atoms with van der Waals surface area (Å²) in [5.74, 6) is 0.296. The molecule has 1 aromatic heterocycles. The number of hydrogen-bond donors (Lipinski definition) is 1. The number of nitrogens with one attached hydrogen (secondary N) is 1. The summed E-state index contributed by atoms with van der Waals surface area (Å²) in [7, 11) is 0. The number of rotatable bonds is 2. The highest BCUT2D eigenvalue weighted by Gasteiger charge is 2.30. The number of halogens is 5. The second kappa shape index (κ2) is 5.34. The molecule has 1 aromatic carbocycles. The van der Waals surface area contributed by atoms with E-state index in [9.17, 15) is 13.2 Å². The fourth-order valence-electron chi connectivity index (χ4n) is 1.31. The van der Waals surface area contributed by atoms with Crippen LogP contribution in [0, 0.1) is 0 Å². The van der Waals surface area contributed by atoms with Crippen molar-refractivity contribution in [2.75, 3.05) is 5.32 Å². The van der Waals surface area contributed by atoms with Crippen molar-refractivity contribution in [3.05, 3.63) is 45.8 Å². The Kier molecular flexibility index (Phi) is 3.96. The van der Waals surface area contributed by atoms with Crippen molar-refractivity contribution < 1.29 is 13.2 Å². The van der Waals surface area contributed by atoms with Crippen LogP contribution >= 0.6 is 27.5 Å². The number of aromatic nitrogens is 2. The molecule has 0 spiro atoms. The average molecular weight is 353 g/mol. The smallest absolute Gasteiger partial charge is 0.338 e. The SMILES string of the molecule is FC(F)(F)c1ccc(Cl)c(Nc2cnc(Br)cn2)c1. The van der Waals surface area contributed by atoms with Crippen molar-refractivity contribution in [2.45, 2.75) is 6.18 Å². The van der Waals surface area contributed by atoms with Crippen LogP contribution in [0.25, 0.3) is 0 Å². The number of hydrogen-bond acceptors (Lipinski definition) is 3. The molecule has 3 nitrogen and oxygen atoms in total. The molecule has 0 saturated heterocycles. The summed E-state index contributed by atoms with van der Waals surface area (Å²) in [6.07, 6.45) is -1.63. The van der Waals surface area contributed by atoms with Crippen LogP contribution in [0.4, 0.5) is 24.7 Å². The molecule has 8 heteroatoms. The summed E-state index contributed by atoms with van der Waals surface area (Å²) >= 11 is 8.95. The van der Waals surface area contributed by atoms with Gasteiger partial charge in [-0.05, 0) is 34.1 Å². The predicted molar refractivity (Wildman–Crippen MR) is 69.5 cm³/mol. The molecule has 0 radical (unpaired) electrons. The Hall–Kier alpha value is -1.34. The van der Waals surface area contributed by atoms with E-state index >= 15 is 0 Å². The van der Waals surface area contributed by atoms with Crippen LogP contribution < -0.4 is 5.32 Å². The molecular weight excluding hydrogens is 346 g/mol. The van der Waals surface area contributed by atoms with Gasteiger partial charge in [-0.1, -0.05) is 11.6 Å². The van der Waals surface area contributed by atoms with Crippen molar-refractivity contribution in [3.63, 3.8) is 0 Å². The molecule has 0 saturated carbocycles. The molecule has 0 fully saturated rings. The molecule has 0 aliphatic rings. The lowest BCUT2D eigenvalue weighted by molar-refractivity contribution is -0.137. The van der Waals surface area contributed by atoms with Crippen molar-refractivity contribution in [2.24, 2.45) is 0 Å². The van der Waals surface area contributed by atoms with Crippen LogP contribution in [0.1, 0.15) is 5.56 Å². The summed E-state index contributed by atoms with van der Waals surface area (Å²) in [4.78, 5) is 7.85. The Morgan fingerprint density at radius 2 is 1.89 bits per heavy atom. The molecule has 0 aliphatic carbocycles. The second-order valence-electron chi connectivity index (χ2n) is 3.54. The van der Waals surface area contributed by atoms with Gasteiger partial charge < -0.3 is 5.32 Å². The van der Waals surface area contributed by atoms with Gasteiger partial charge in [0.25, 0.3) is 0 Å². The zero-order valence-electron chi connectivity index (χ0n) is 9.17. The van der Waals surface area contributed by atoms with Crippen molar-refractivity contribution in [1.29, 1.82) is 0 Å². The van der Waals surface area contributed by atoms with Gasteiger partial charge >= 0.3 is 6.18 Å². The van der Waals surface area contributed by atoms with Gasteiger partial charge in [-0.2, -0.15) is 13.2 Å². The maximum absolute atomic E-state index is 12.6. The Morgan fingerprint density at radius 1 is 1.16 bits per heavy atom. The monoisotopic (exact) mass is 351 g/mol. The van der Waals surface area contributed by atoms with E-state index in [0.29, 0.717) is 10.4 Å². The fraction of sp³-hybridized carbons (Fsp3) is 0.0909. The van der Waals surface area contributed by atoms with E-state index in [2.05, 4.69) is 31.2 Å². The molecule has 1 N–H and O–H groups in total. The van der Waals surface area contributed by atoms with Gasteiger partial charge in [0.2, 0.25) is 0 Å². The van der Waals surface area contributed by atoms with E-state index in [1.807, 2.05) is 0 Å². The van der Waals surface area contributed by atoms with Gasteiger partial charge in [-0.3, -0.25) is 0 Å². The number of anilines is 2. The molecule has 2 aromatic rings. The summed E-state index contributed by atoms with van der Waals surface area (Å²) in [5, 5.41) is 2.85. The lowest BCUT2D eigenvalue weighted by Gasteiger charge is -2.11. The molecule has 0 unspecified atom stereocenters. The third kappa shape index (κ3) is 3.57. The van der Waals surface area contributed by atoms with E-state index in [-0.39, 0.29) is 10.7 Å². The quantitative estimate of drug-likeness (QED) is 0.854. The average Bonchev–Trinajstić information content (AvgIpc) is 2.33. The van der Waals surface area contributed by atoms with Crippen molar-refractivity contribution in [3.8, 4) is 0 Å². The number of nitrogens with zero attached hydrogens (tertiary/aromatic N) is 2. The normalized spacial score (nSPS) is 11.4. The summed E-state index contributed by atoms with van der Waals surface area (Å²) in [5.41, 5.74) is -0.669. The highest BCUT2D eigenvalue weighted by Crippen LogP contribution is 2.34. The molecular formula is C11H6BrClF3N3. The van der Waals surface area contributed by atoms with Gasteiger partial charge in [-0.25, -0.2) is 9.97 Å². The Labute approximate surface area is 120 Å². The fourth-order valence-corrected chi connectivity index (χ4v) is 1.68. The molecule has 0 aliphatic heterocycles. The van der Waals surface area contributed by atoms with Crippen molar-refractivity contribution in [1.82, 2.24) is 9.97 Å². The van der Waals surface area contributed by atoms with E-state index in [4.69, 9.17) is 11.6 Å². The molecule has 19 heavy (non-hydrogen) atoms. The lowest BCUT2D eigenvalue weighted by Crippen LogP contribution is -2.05. The molecule has 100 valence electrons. The third-order valence-corrected chi connectivity index (χ3v) is 2.92. The second-order valence-corrected chi connectivity index (χ2v) is 4.76. The number of alkyl halides is 3. The van der Waals surface area contributed by atoms with Gasteiger partial charge in [0.05, 0.1) is 28.7 Å². The summed E-state index contributed by atoms with van der Waals surface area (Å²) < 4.78 is 38.3. The van der Waals surface area contributed by atoms with Crippen LogP contribution in [0.5, 0.6) is 0 Å². The van der Waals surface area contributed by atoms with Crippen LogP contribution in [0.15, 0.2) is 35.2 Å².